The number of hydrogen-bond acceptors (Lipinski definition) is 6. The minimum Gasteiger partial charge on any atom is -0.490 e. The average Bonchev–Trinajstić information content (AvgIpc) is 2.42. The molecule has 0 aliphatic carbocycles. The topological polar surface area (TPSA) is 93.9 Å². The molecule has 7 heteroatoms. The van der Waals surface area contributed by atoms with E-state index in [1.165, 1.54) is 19.2 Å². The molecule has 1 rings (SSSR count). The highest BCUT2D eigenvalue weighted by atomic mass is 16.6. The first kappa shape index (κ1) is 16.2. The molecule has 112 valence electrons. The molecule has 1 aromatic carbocycles. The quantitative estimate of drug-likeness (QED) is 0.552. The van der Waals surface area contributed by atoms with Gasteiger partial charge in [-0.25, -0.2) is 0 Å². The summed E-state index contributed by atoms with van der Waals surface area (Å²) in [6.07, 6.45) is 0. The van der Waals surface area contributed by atoms with E-state index < -0.39 is 10.5 Å². The summed E-state index contributed by atoms with van der Waals surface area (Å²) in [6.45, 7) is 4.72. The van der Waals surface area contributed by atoms with E-state index in [4.69, 9.17) is 9.47 Å². The number of rotatable bonds is 8. The van der Waals surface area contributed by atoms with Crippen molar-refractivity contribution in [1.82, 2.24) is 5.32 Å². The molecule has 0 spiro atoms. The van der Waals surface area contributed by atoms with E-state index in [0.717, 1.165) is 6.54 Å². The van der Waals surface area contributed by atoms with Crippen LogP contribution in [0.5, 0.6) is 11.5 Å². The molecule has 0 radical (unpaired) electrons. The summed E-state index contributed by atoms with van der Waals surface area (Å²) in [5.74, 6) is 0.482. The molecule has 0 amide bonds. The lowest BCUT2D eigenvalue weighted by atomic mass is 10.1. The van der Waals surface area contributed by atoms with Crippen molar-refractivity contribution in [2.45, 2.75) is 19.4 Å². The Kier molecular flexibility index (Phi) is 5.72. The van der Waals surface area contributed by atoms with Gasteiger partial charge in [-0.15, -0.1) is 0 Å². The maximum atomic E-state index is 10.9. The van der Waals surface area contributed by atoms with E-state index in [-0.39, 0.29) is 18.0 Å². The number of benzene rings is 1. The summed E-state index contributed by atoms with van der Waals surface area (Å²) in [7, 11) is 1.37. The Hall–Kier alpha value is -1.86. The van der Waals surface area contributed by atoms with E-state index in [0.29, 0.717) is 12.3 Å². The van der Waals surface area contributed by atoms with E-state index in [9.17, 15) is 15.2 Å². The third-order valence-corrected chi connectivity index (χ3v) is 2.65. The van der Waals surface area contributed by atoms with Gasteiger partial charge in [0.25, 0.3) is 0 Å². The zero-order valence-electron chi connectivity index (χ0n) is 11.9. The summed E-state index contributed by atoms with van der Waals surface area (Å²) in [6, 6.07) is 4.31. The summed E-state index contributed by atoms with van der Waals surface area (Å²) in [5.41, 5.74) is -1.22. The molecule has 0 fully saturated rings. The lowest BCUT2D eigenvalue weighted by molar-refractivity contribution is -0.385. The number of nitro benzene ring substituents is 1. The van der Waals surface area contributed by atoms with Crippen LogP contribution in [0.3, 0.4) is 0 Å². The number of ether oxygens (including phenoxy) is 2. The first-order valence-corrected chi connectivity index (χ1v) is 6.28. The molecule has 0 bridgehead atoms. The van der Waals surface area contributed by atoms with Crippen molar-refractivity contribution >= 4 is 5.69 Å². The molecular weight excluding hydrogens is 264 g/mol. The van der Waals surface area contributed by atoms with Gasteiger partial charge in [-0.05, 0) is 25.6 Å². The van der Waals surface area contributed by atoms with E-state index in [2.05, 4.69) is 5.32 Å². The Morgan fingerprint density at radius 3 is 2.75 bits per heavy atom. The summed E-state index contributed by atoms with van der Waals surface area (Å²) >= 11 is 0. The minimum absolute atomic E-state index is 0.0312. The van der Waals surface area contributed by atoms with Crippen molar-refractivity contribution in [2.24, 2.45) is 0 Å². The molecule has 1 unspecified atom stereocenters. The third kappa shape index (κ3) is 4.67. The molecule has 0 aromatic heterocycles. The maximum absolute atomic E-state index is 10.9. The molecule has 0 aliphatic heterocycles. The Morgan fingerprint density at radius 2 is 2.20 bits per heavy atom. The van der Waals surface area contributed by atoms with Crippen LogP contribution in [0.15, 0.2) is 18.2 Å². The number of nitrogens with zero attached hydrogens (tertiary/aromatic N) is 1. The van der Waals surface area contributed by atoms with Gasteiger partial charge in [0.15, 0.2) is 5.75 Å². The molecule has 1 aromatic rings. The Balaban J connectivity index is 2.74. The zero-order chi connectivity index (χ0) is 15.2. The van der Waals surface area contributed by atoms with Crippen LogP contribution in [-0.4, -0.2) is 42.4 Å². The largest absolute Gasteiger partial charge is 0.490 e. The van der Waals surface area contributed by atoms with Crippen molar-refractivity contribution in [3.63, 3.8) is 0 Å². The van der Waals surface area contributed by atoms with Crippen LogP contribution in [0.2, 0.25) is 0 Å². The third-order valence-electron chi connectivity index (χ3n) is 2.65. The first-order valence-electron chi connectivity index (χ1n) is 6.28. The Bertz CT molecular complexity index is 462. The van der Waals surface area contributed by atoms with Gasteiger partial charge >= 0.3 is 5.69 Å². The highest BCUT2D eigenvalue weighted by Crippen LogP contribution is 2.30. The van der Waals surface area contributed by atoms with Gasteiger partial charge in [0.2, 0.25) is 0 Å². The molecule has 0 saturated carbocycles. The SMILES string of the molecule is CCNCC(C)(O)COc1ccc(OC)c([N+](=O)[O-])c1. The summed E-state index contributed by atoms with van der Waals surface area (Å²) < 4.78 is 10.3. The lowest BCUT2D eigenvalue weighted by Gasteiger charge is -2.23. The van der Waals surface area contributed by atoms with Gasteiger partial charge in [-0.2, -0.15) is 0 Å². The fraction of sp³-hybridized carbons (Fsp3) is 0.538. The number of methoxy groups -OCH3 is 1. The number of hydrogen-bond donors (Lipinski definition) is 2. The number of aliphatic hydroxyl groups is 1. The normalized spacial score (nSPS) is 13.6. The van der Waals surface area contributed by atoms with E-state index in [1.807, 2.05) is 6.92 Å². The van der Waals surface area contributed by atoms with Crippen LogP contribution >= 0.6 is 0 Å². The van der Waals surface area contributed by atoms with Crippen LogP contribution in [0.25, 0.3) is 0 Å². The molecule has 0 saturated heterocycles. The van der Waals surface area contributed by atoms with Gasteiger partial charge in [0, 0.05) is 6.54 Å². The molecule has 0 heterocycles. The Morgan fingerprint density at radius 1 is 1.50 bits per heavy atom. The number of nitro groups is 1. The smallest absolute Gasteiger partial charge is 0.314 e. The minimum atomic E-state index is -1.05. The zero-order valence-corrected chi connectivity index (χ0v) is 11.9. The first-order chi connectivity index (χ1) is 9.39. The number of nitrogens with one attached hydrogen (secondary N) is 1. The second-order valence-electron chi connectivity index (χ2n) is 4.66. The molecule has 1 atom stereocenters. The predicted molar refractivity (Wildman–Crippen MR) is 74.3 cm³/mol. The lowest BCUT2D eigenvalue weighted by Crippen LogP contribution is -2.42. The summed E-state index contributed by atoms with van der Waals surface area (Å²) in [5, 5.41) is 23.9. The van der Waals surface area contributed by atoms with Crippen LogP contribution in [0, 0.1) is 10.1 Å². The van der Waals surface area contributed by atoms with Crippen LogP contribution in [-0.2, 0) is 0 Å². The standard InChI is InChI=1S/C13H20N2O5/c1-4-14-8-13(2,16)9-20-10-5-6-12(19-3)11(7-10)15(17)18/h5-7,14,16H,4,8-9H2,1-3H3. The predicted octanol–water partition coefficient (Wildman–Crippen LogP) is 1.34. The van der Waals surface area contributed by atoms with Gasteiger partial charge in [-0.3, -0.25) is 10.1 Å². The second kappa shape index (κ2) is 7.06. The van der Waals surface area contributed by atoms with Crippen LogP contribution in [0.4, 0.5) is 5.69 Å². The van der Waals surface area contributed by atoms with Gasteiger partial charge in [0.05, 0.1) is 18.1 Å². The van der Waals surface area contributed by atoms with E-state index >= 15 is 0 Å². The maximum Gasteiger partial charge on any atom is 0.314 e. The molecule has 20 heavy (non-hydrogen) atoms. The van der Waals surface area contributed by atoms with Gasteiger partial charge < -0.3 is 19.9 Å². The molecular formula is C13H20N2O5. The van der Waals surface area contributed by atoms with Crippen molar-refractivity contribution in [3.05, 3.63) is 28.3 Å². The molecule has 7 nitrogen and oxygen atoms in total. The fourth-order valence-electron chi connectivity index (χ4n) is 1.59. The van der Waals surface area contributed by atoms with Crippen molar-refractivity contribution < 1.29 is 19.5 Å². The van der Waals surface area contributed by atoms with Crippen molar-refractivity contribution in [2.75, 3.05) is 26.8 Å². The molecule has 2 N–H and O–H groups in total. The van der Waals surface area contributed by atoms with Crippen molar-refractivity contribution in [3.8, 4) is 11.5 Å². The van der Waals surface area contributed by atoms with Crippen molar-refractivity contribution in [1.29, 1.82) is 0 Å². The summed E-state index contributed by atoms with van der Waals surface area (Å²) in [4.78, 5) is 10.3. The van der Waals surface area contributed by atoms with Crippen LogP contribution < -0.4 is 14.8 Å². The highest BCUT2D eigenvalue weighted by Gasteiger charge is 2.22. The molecule has 0 aliphatic rings. The highest BCUT2D eigenvalue weighted by molar-refractivity contribution is 5.50. The van der Waals surface area contributed by atoms with Crippen LogP contribution in [0.1, 0.15) is 13.8 Å². The Labute approximate surface area is 117 Å². The number of likely N-dealkylation sites (N-methyl/N-ethyl adjacent to an activating group) is 1. The van der Waals surface area contributed by atoms with Gasteiger partial charge in [-0.1, -0.05) is 6.92 Å². The second-order valence-corrected chi connectivity index (χ2v) is 4.66. The van der Waals surface area contributed by atoms with Gasteiger partial charge in [0.1, 0.15) is 18.0 Å². The fourth-order valence-corrected chi connectivity index (χ4v) is 1.59. The van der Waals surface area contributed by atoms with E-state index in [1.54, 1.807) is 13.0 Å². The monoisotopic (exact) mass is 284 g/mol. The average molecular weight is 284 g/mol.